The van der Waals surface area contributed by atoms with Gasteiger partial charge in [-0.15, -0.1) is 0 Å². The lowest BCUT2D eigenvalue weighted by molar-refractivity contribution is 0.571. The third kappa shape index (κ3) is 2.81. The van der Waals surface area contributed by atoms with Gasteiger partial charge in [0.25, 0.3) is 0 Å². The lowest BCUT2D eigenvalue weighted by Gasteiger charge is -2.25. The van der Waals surface area contributed by atoms with Crippen molar-refractivity contribution in [3.8, 4) is 0 Å². The summed E-state index contributed by atoms with van der Waals surface area (Å²) in [5, 5.41) is 7.77. The number of rotatable bonds is 3. The molecule has 21 heavy (non-hydrogen) atoms. The molecule has 0 amide bonds. The highest BCUT2D eigenvalue weighted by Crippen LogP contribution is 2.32. The number of benzene rings is 1. The zero-order valence-electron chi connectivity index (χ0n) is 12.2. The first-order chi connectivity index (χ1) is 9.95. The highest BCUT2D eigenvalue weighted by atomic mass is 32.2. The van der Waals surface area contributed by atoms with Crippen LogP contribution < -0.4 is 5.32 Å². The highest BCUT2D eigenvalue weighted by molar-refractivity contribution is 7.90. The lowest BCUT2D eigenvalue weighted by Crippen LogP contribution is -2.17. The van der Waals surface area contributed by atoms with E-state index in [0.29, 0.717) is 4.90 Å². The van der Waals surface area contributed by atoms with Gasteiger partial charge in [0, 0.05) is 30.2 Å². The number of nitrogens with one attached hydrogen (secondary N) is 1. The number of sulfone groups is 1. The summed E-state index contributed by atoms with van der Waals surface area (Å²) in [5.74, 6) is 0. The number of anilines is 1. The first-order valence-electron chi connectivity index (χ1n) is 7.02. The van der Waals surface area contributed by atoms with Gasteiger partial charge in [-0.3, -0.25) is 4.68 Å². The number of aromatic nitrogens is 2. The average Bonchev–Trinajstić information content (AvgIpc) is 2.81. The second kappa shape index (κ2) is 5.18. The molecule has 1 aromatic heterocycles. The van der Waals surface area contributed by atoms with Gasteiger partial charge < -0.3 is 5.32 Å². The molecule has 0 saturated carbocycles. The summed E-state index contributed by atoms with van der Waals surface area (Å²) in [4.78, 5) is 0.342. The molecule has 0 bridgehead atoms. The van der Waals surface area contributed by atoms with Crippen molar-refractivity contribution in [2.75, 3.05) is 11.6 Å². The molecule has 1 atom stereocenters. The van der Waals surface area contributed by atoms with E-state index < -0.39 is 9.84 Å². The molecule has 1 aliphatic carbocycles. The van der Waals surface area contributed by atoms with E-state index in [-0.39, 0.29) is 6.04 Å². The molecule has 112 valence electrons. The van der Waals surface area contributed by atoms with E-state index in [0.717, 1.165) is 24.9 Å². The summed E-state index contributed by atoms with van der Waals surface area (Å²) >= 11 is 0. The molecule has 0 spiro atoms. The topological polar surface area (TPSA) is 64.0 Å². The minimum atomic E-state index is -3.18. The van der Waals surface area contributed by atoms with Crippen molar-refractivity contribution in [2.45, 2.75) is 30.2 Å². The molecule has 1 unspecified atom stereocenters. The van der Waals surface area contributed by atoms with Crippen LogP contribution in [-0.2, 0) is 23.3 Å². The molecule has 5 nitrogen and oxygen atoms in total. The fourth-order valence-electron chi connectivity index (χ4n) is 2.87. The van der Waals surface area contributed by atoms with Crippen molar-refractivity contribution in [3.63, 3.8) is 0 Å². The zero-order valence-corrected chi connectivity index (χ0v) is 13.0. The molecule has 0 radical (unpaired) electrons. The van der Waals surface area contributed by atoms with Gasteiger partial charge in [0.15, 0.2) is 9.84 Å². The maximum absolute atomic E-state index is 11.6. The predicted octanol–water partition coefficient (Wildman–Crippen LogP) is 2.31. The number of fused-ring (bicyclic) bond motifs is 1. The summed E-state index contributed by atoms with van der Waals surface area (Å²) in [6.07, 6.45) is 6.32. The van der Waals surface area contributed by atoms with Crippen LogP contribution in [0.2, 0.25) is 0 Å². The van der Waals surface area contributed by atoms with Gasteiger partial charge in [0.2, 0.25) is 0 Å². The number of hydrogen-bond donors (Lipinski definition) is 1. The number of nitrogens with zero attached hydrogens (tertiary/aromatic N) is 2. The molecule has 0 fully saturated rings. The van der Waals surface area contributed by atoms with Gasteiger partial charge in [-0.2, -0.15) is 5.10 Å². The third-order valence-electron chi connectivity index (χ3n) is 3.98. The molecule has 1 aliphatic rings. The summed E-state index contributed by atoms with van der Waals surface area (Å²) in [6.45, 7) is 0. The van der Waals surface area contributed by atoms with Crippen molar-refractivity contribution in [1.82, 2.24) is 9.78 Å². The Morgan fingerprint density at radius 2 is 2.19 bits per heavy atom. The fraction of sp³-hybridized carbons (Fsp3) is 0.400. The van der Waals surface area contributed by atoms with E-state index >= 15 is 0 Å². The predicted molar refractivity (Wildman–Crippen MR) is 82.1 cm³/mol. The molecular weight excluding hydrogens is 286 g/mol. The van der Waals surface area contributed by atoms with Crippen LogP contribution in [0.15, 0.2) is 35.4 Å². The number of hydrogen-bond acceptors (Lipinski definition) is 4. The summed E-state index contributed by atoms with van der Waals surface area (Å²) in [7, 11) is -1.22. The van der Waals surface area contributed by atoms with Crippen molar-refractivity contribution in [2.24, 2.45) is 7.05 Å². The standard InChI is InChI=1S/C15H19N3O2S/c1-18-15-8-4-7-14(13(15)10-16-18)17-11-5-3-6-12(9-11)21(2,19)20/h3,5-6,9-10,14,17H,4,7-8H2,1-2H3. The molecule has 1 N–H and O–H groups in total. The van der Waals surface area contributed by atoms with Crippen LogP contribution in [0.5, 0.6) is 0 Å². The quantitative estimate of drug-likeness (QED) is 0.945. The van der Waals surface area contributed by atoms with E-state index in [9.17, 15) is 8.42 Å². The van der Waals surface area contributed by atoms with Crippen molar-refractivity contribution in [1.29, 1.82) is 0 Å². The van der Waals surface area contributed by atoms with Gasteiger partial charge in [0.1, 0.15) is 0 Å². The SMILES string of the molecule is Cn1ncc2c1CCCC2Nc1cccc(S(C)(=O)=O)c1. The fourth-order valence-corrected chi connectivity index (χ4v) is 3.54. The minimum Gasteiger partial charge on any atom is -0.378 e. The summed E-state index contributed by atoms with van der Waals surface area (Å²) in [5.41, 5.74) is 3.31. The van der Waals surface area contributed by atoms with Crippen LogP contribution in [0, 0.1) is 0 Å². The summed E-state index contributed by atoms with van der Waals surface area (Å²) in [6, 6.07) is 7.18. The van der Waals surface area contributed by atoms with Crippen LogP contribution in [0.1, 0.15) is 30.1 Å². The average molecular weight is 305 g/mol. The van der Waals surface area contributed by atoms with Gasteiger partial charge in [-0.1, -0.05) is 6.07 Å². The molecule has 0 aliphatic heterocycles. The van der Waals surface area contributed by atoms with Crippen molar-refractivity contribution < 1.29 is 8.42 Å². The Bertz CT molecular complexity index is 765. The van der Waals surface area contributed by atoms with E-state index in [1.807, 2.05) is 24.0 Å². The van der Waals surface area contributed by atoms with Crippen LogP contribution >= 0.6 is 0 Å². The Morgan fingerprint density at radius 3 is 2.95 bits per heavy atom. The van der Waals surface area contributed by atoms with Gasteiger partial charge in [-0.05, 0) is 37.5 Å². The van der Waals surface area contributed by atoms with E-state index in [4.69, 9.17) is 0 Å². The van der Waals surface area contributed by atoms with Crippen molar-refractivity contribution in [3.05, 3.63) is 41.7 Å². The van der Waals surface area contributed by atoms with Crippen LogP contribution in [0.3, 0.4) is 0 Å². The molecular formula is C15H19N3O2S. The normalized spacial score (nSPS) is 18.3. The Morgan fingerprint density at radius 1 is 1.38 bits per heavy atom. The summed E-state index contributed by atoms with van der Waals surface area (Å²) < 4.78 is 25.2. The lowest BCUT2D eigenvalue weighted by atomic mass is 9.93. The maximum Gasteiger partial charge on any atom is 0.175 e. The molecule has 6 heteroatoms. The molecule has 1 heterocycles. The highest BCUT2D eigenvalue weighted by Gasteiger charge is 2.23. The van der Waals surface area contributed by atoms with E-state index in [2.05, 4.69) is 10.4 Å². The van der Waals surface area contributed by atoms with Crippen LogP contribution in [-0.4, -0.2) is 24.5 Å². The van der Waals surface area contributed by atoms with Gasteiger partial charge >= 0.3 is 0 Å². The largest absolute Gasteiger partial charge is 0.378 e. The molecule has 3 rings (SSSR count). The van der Waals surface area contributed by atoms with Gasteiger partial charge in [-0.25, -0.2) is 8.42 Å². The molecule has 2 aromatic rings. The number of aryl methyl sites for hydroxylation is 1. The van der Waals surface area contributed by atoms with Gasteiger partial charge in [0.05, 0.1) is 17.1 Å². The Kier molecular flexibility index (Phi) is 3.49. The second-order valence-electron chi connectivity index (χ2n) is 5.56. The smallest absolute Gasteiger partial charge is 0.175 e. The Labute approximate surface area is 124 Å². The first kappa shape index (κ1) is 14.1. The molecule has 0 saturated heterocycles. The van der Waals surface area contributed by atoms with E-state index in [1.54, 1.807) is 18.2 Å². The monoisotopic (exact) mass is 305 g/mol. The first-order valence-corrected chi connectivity index (χ1v) is 8.92. The maximum atomic E-state index is 11.6. The zero-order chi connectivity index (χ0) is 15.0. The second-order valence-corrected chi connectivity index (χ2v) is 7.58. The van der Waals surface area contributed by atoms with E-state index in [1.165, 1.54) is 17.5 Å². The minimum absolute atomic E-state index is 0.192. The third-order valence-corrected chi connectivity index (χ3v) is 5.09. The Balaban J connectivity index is 1.88. The Hall–Kier alpha value is -1.82. The van der Waals surface area contributed by atoms with Crippen molar-refractivity contribution >= 4 is 15.5 Å². The van der Waals surface area contributed by atoms with Crippen LogP contribution in [0.25, 0.3) is 0 Å². The van der Waals surface area contributed by atoms with Crippen LogP contribution in [0.4, 0.5) is 5.69 Å². The molecule has 1 aromatic carbocycles.